The molecule has 2 aromatic heterocycles. The van der Waals surface area contributed by atoms with Crippen molar-refractivity contribution >= 4 is 29.9 Å². The maximum absolute atomic E-state index is 12.4. The minimum absolute atomic E-state index is 0.00777. The lowest BCUT2D eigenvalue weighted by molar-refractivity contribution is -0.122. The van der Waals surface area contributed by atoms with Crippen LogP contribution in [0.5, 0.6) is 5.88 Å². The van der Waals surface area contributed by atoms with Crippen LogP contribution in [0.3, 0.4) is 0 Å². The number of amides is 1. The molecule has 1 amide bonds. The van der Waals surface area contributed by atoms with Crippen molar-refractivity contribution in [2.24, 2.45) is 0 Å². The standard InChI is InChI=1S/C18H26N4O8SSi/c1-31(25,26)29-6-5-13-10-21(18(24)30-13)14-9-19-17-16(20-14)22(15(23)11-28-17)12-27-7-8-32(2,3)4/h9-10H,5-8,11-12H2,1-4H3. The lowest BCUT2D eigenvalue weighted by atomic mass is 10.4. The van der Waals surface area contributed by atoms with E-state index < -0.39 is 23.9 Å². The van der Waals surface area contributed by atoms with E-state index in [2.05, 4.69) is 33.8 Å². The Morgan fingerprint density at radius 2 is 1.97 bits per heavy atom. The van der Waals surface area contributed by atoms with Crippen LogP contribution in [0.15, 0.2) is 21.6 Å². The van der Waals surface area contributed by atoms with Crippen LogP contribution in [0.1, 0.15) is 5.76 Å². The van der Waals surface area contributed by atoms with Gasteiger partial charge in [0, 0.05) is 21.1 Å². The minimum atomic E-state index is -3.60. The molecule has 0 fully saturated rings. The van der Waals surface area contributed by atoms with E-state index in [0.717, 1.165) is 16.9 Å². The lowest BCUT2D eigenvalue weighted by Gasteiger charge is -2.27. The summed E-state index contributed by atoms with van der Waals surface area (Å²) in [5, 5.41) is 0. The topological polar surface area (TPSA) is 143 Å². The van der Waals surface area contributed by atoms with E-state index in [9.17, 15) is 18.0 Å². The Morgan fingerprint density at radius 1 is 1.22 bits per heavy atom. The summed E-state index contributed by atoms with van der Waals surface area (Å²) in [6.07, 6.45) is 3.67. The Kier molecular flexibility index (Phi) is 7.17. The Hall–Kier alpha value is -2.55. The molecular formula is C18H26N4O8SSi. The maximum atomic E-state index is 12.4. The first-order valence-electron chi connectivity index (χ1n) is 9.87. The third kappa shape index (κ3) is 6.48. The van der Waals surface area contributed by atoms with Gasteiger partial charge in [0.15, 0.2) is 12.4 Å². The SMILES string of the molecule is C[Si](C)(C)CCOCN1C(=O)COc2ncc(-n3cc(CCOS(C)(=O)=O)oc3=O)nc21. The molecule has 0 unspecified atom stereocenters. The van der Waals surface area contributed by atoms with Crippen molar-refractivity contribution in [3.8, 4) is 11.7 Å². The van der Waals surface area contributed by atoms with Crippen molar-refractivity contribution in [3.63, 3.8) is 0 Å². The number of carbonyl (C=O) groups excluding carboxylic acids is 1. The summed E-state index contributed by atoms with van der Waals surface area (Å²) in [7, 11) is -4.88. The molecule has 32 heavy (non-hydrogen) atoms. The van der Waals surface area contributed by atoms with Gasteiger partial charge in [-0.2, -0.15) is 8.42 Å². The van der Waals surface area contributed by atoms with Gasteiger partial charge >= 0.3 is 5.76 Å². The highest BCUT2D eigenvalue weighted by atomic mass is 32.2. The lowest BCUT2D eigenvalue weighted by Crippen LogP contribution is -2.41. The maximum Gasteiger partial charge on any atom is 0.425 e. The molecule has 1 aliphatic rings. The number of hydrogen-bond donors (Lipinski definition) is 0. The number of hydrogen-bond acceptors (Lipinski definition) is 10. The first-order chi connectivity index (χ1) is 14.9. The van der Waals surface area contributed by atoms with Gasteiger partial charge in [0.2, 0.25) is 5.82 Å². The van der Waals surface area contributed by atoms with Crippen LogP contribution in [0.4, 0.5) is 5.82 Å². The first kappa shape index (κ1) is 24.1. The quantitative estimate of drug-likeness (QED) is 0.268. The minimum Gasteiger partial charge on any atom is -0.465 e. The second-order valence-corrected chi connectivity index (χ2v) is 15.7. The molecule has 3 rings (SSSR count). The molecule has 2 aromatic rings. The molecule has 0 aromatic carbocycles. The van der Waals surface area contributed by atoms with E-state index in [0.29, 0.717) is 6.61 Å². The van der Waals surface area contributed by atoms with Crippen LogP contribution in [0.2, 0.25) is 25.7 Å². The highest BCUT2D eigenvalue weighted by Gasteiger charge is 2.29. The zero-order valence-electron chi connectivity index (χ0n) is 18.4. The Balaban J connectivity index is 1.77. The largest absolute Gasteiger partial charge is 0.465 e. The molecule has 3 heterocycles. The molecule has 0 spiro atoms. The molecule has 0 saturated heterocycles. The highest BCUT2D eigenvalue weighted by Crippen LogP contribution is 2.28. The van der Waals surface area contributed by atoms with E-state index in [1.165, 1.54) is 17.3 Å². The smallest absolute Gasteiger partial charge is 0.425 e. The van der Waals surface area contributed by atoms with Gasteiger partial charge in [-0.25, -0.2) is 19.3 Å². The molecule has 12 nitrogen and oxygen atoms in total. The summed E-state index contributed by atoms with van der Waals surface area (Å²) in [6, 6.07) is 0.945. The monoisotopic (exact) mass is 486 g/mol. The van der Waals surface area contributed by atoms with Crippen LogP contribution in [-0.4, -0.2) is 69.7 Å². The van der Waals surface area contributed by atoms with Crippen molar-refractivity contribution in [1.29, 1.82) is 0 Å². The summed E-state index contributed by atoms with van der Waals surface area (Å²) < 4.78 is 44.0. The summed E-state index contributed by atoms with van der Waals surface area (Å²) >= 11 is 0. The zero-order valence-corrected chi connectivity index (χ0v) is 20.2. The Labute approximate surface area is 186 Å². The number of carbonyl (C=O) groups is 1. The van der Waals surface area contributed by atoms with E-state index in [-0.39, 0.29) is 55.5 Å². The van der Waals surface area contributed by atoms with Gasteiger partial charge in [0.25, 0.3) is 21.9 Å². The second kappa shape index (κ2) is 9.52. The van der Waals surface area contributed by atoms with Crippen LogP contribution >= 0.6 is 0 Å². The molecule has 1 aliphatic heterocycles. The van der Waals surface area contributed by atoms with E-state index >= 15 is 0 Å². The second-order valence-electron chi connectivity index (χ2n) is 8.42. The highest BCUT2D eigenvalue weighted by molar-refractivity contribution is 7.85. The number of nitrogens with zero attached hydrogens (tertiary/aromatic N) is 4. The first-order valence-corrected chi connectivity index (χ1v) is 15.4. The van der Waals surface area contributed by atoms with Crippen LogP contribution < -0.4 is 15.4 Å². The summed E-state index contributed by atoms with van der Waals surface area (Å²) in [5.41, 5.74) is 0. The molecule has 0 atom stereocenters. The molecule has 14 heteroatoms. The van der Waals surface area contributed by atoms with E-state index in [1.54, 1.807) is 0 Å². The van der Waals surface area contributed by atoms with Crippen molar-refractivity contribution < 1.29 is 31.3 Å². The normalized spacial score (nSPS) is 14.4. The van der Waals surface area contributed by atoms with Crippen molar-refractivity contribution in [1.82, 2.24) is 14.5 Å². The van der Waals surface area contributed by atoms with Gasteiger partial charge in [-0.05, 0) is 6.04 Å². The summed E-state index contributed by atoms with van der Waals surface area (Å²) in [4.78, 5) is 34.5. The molecule has 0 bridgehead atoms. The van der Waals surface area contributed by atoms with Gasteiger partial charge in [-0.1, -0.05) is 19.6 Å². The molecule has 176 valence electrons. The van der Waals surface area contributed by atoms with E-state index in [1.807, 2.05) is 0 Å². The fourth-order valence-electron chi connectivity index (χ4n) is 2.70. The summed E-state index contributed by atoms with van der Waals surface area (Å²) in [5.74, 6) is -0.470. The van der Waals surface area contributed by atoms with Crippen LogP contribution in [0.25, 0.3) is 5.82 Å². The van der Waals surface area contributed by atoms with Crippen molar-refractivity contribution in [2.75, 3.05) is 37.7 Å². The van der Waals surface area contributed by atoms with Gasteiger partial charge in [-0.15, -0.1) is 0 Å². The van der Waals surface area contributed by atoms with Crippen LogP contribution in [-0.2, 0) is 30.3 Å². The van der Waals surface area contributed by atoms with Crippen molar-refractivity contribution in [2.45, 2.75) is 32.1 Å². The summed E-state index contributed by atoms with van der Waals surface area (Å²) in [6.45, 7) is 6.84. The van der Waals surface area contributed by atoms with Crippen LogP contribution in [0, 0.1) is 0 Å². The predicted octanol–water partition coefficient (Wildman–Crippen LogP) is 0.777. The van der Waals surface area contributed by atoms with Gasteiger partial charge in [0.1, 0.15) is 12.5 Å². The number of ether oxygens (including phenoxy) is 2. The number of anilines is 1. The van der Waals surface area contributed by atoms with Gasteiger partial charge < -0.3 is 13.9 Å². The number of oxazole rings is 1. The van der Waals surface area contributed by atoms with Gasteiger partial charge in [0.05, 0.1) is 25.3 Å². The Bertz CT molecular complexity index is 1140. The third-order valence-corrected chi connectivity index (χ3v) is 6.69. The molecule has 0 radical (unpaired) electrons. The molecular weight excluding hydrogens is 460 g/mol. The number of aromatic nitrogens is 3. The van der Waals surface area contributed by atoms with E-state index in [4.69, 9.17) is 13.9 Å². The molecule has 0 aliphatic carbocycles. The van der Waals surface area contributed by atoms with Gasteiger partial charge in [-0.3, -0.25) is 13.9 Å². The fraction of sp³-hybridized carbons (Fsp3) is 0.556. The Morgan fingerprint density at radius 3 is 2.66 bits per heavy atom. The zero-order chi connectivity index (χ0) is 23.5. The molecule has 0 saturated carbocycles. The number of fused-ring (bicyclic) bond motifs is 1. The third-order valence-electron chi connectivity index (χ3n) is 4.40. The average molecular weight is 487 g/mol. The number of rotatable bonds is 10. The predicted molar refractivity (Wildman–Crippen MR) is 116 cm³/mol. The molecule has 0 N–H and O–H groups in total. The average Bonchev–Trinajstić information content (AvgIpc) is 3.04. The fourth-order valence-corrected chi connectivity index (χ4v) is 3.84. The van der Waals surface area contributed by atoms with Crippen molar-refractivity contribution in [3.05, 3.63) is 28.7 Å².